The molecule has 0 atom stereocenters. The second kappa shape index (κ2) is 9.42. The van der Waals surface area contributed by atoms with E-state index in [-0.39, 0.29) is 27.5 Å². The highest BCUT2D eigenvalue weighted by molar-refractivity contribution is 9.11. The molecule has 3 nitrogen and oxygen atoms in total. The highest BCUT2D eigenvalue weighted by Gasteiger charge is 2.37. The third-order valence-corrected chi connectivity index (χ3v) is 5.07. The molecule has 1 aromatic rings. The van der Waals surface area contributed by atoms with Gasteiger partial charge in [0.25, 0.3) is 0 Å². The lowest BCUT2D eigenvalue weighted by Gasteiger charge is -2.37. The van der Waals surface area contributed by atoms with Crippen LogP contribution in [0.3, 0.4) is 0 Å². The average Bonchev–Trinajstić information content (AvgIpc) is 2.53. The van der Waals surface area contributed by atoms with E-state index in [2.05, 4.69) is 21.2 Å². The first kappa shape index (κ1) is 21.0. The smallest absolute Gasteiger partial charge is 0.344 e. The van der Waals surface area contributed by atoms with E-state index in [1.807, 2.05) is 7.05 Å². The molecule has 1 saturated carbocycles. The first-order valence-corrected chi connectivity index (χ1v) is 8.86. The Bertz CT molecular complexity index is 587. The molecule has 0 aliphatic heterocycles. The Kier molecular flexibility index (Phi) is 8.59. The van der Waals surface area contributed by atoms with Gasteiger partial charge in [0, 0.05) is 10.0 Å². The molecule has 0 unspecified atom stereocenters. The van der Waals surface area contributed by atoms with Crippen LogP contribution in [-0.4, -0.2) is 18.6 Å². The van der Waals surface area contributed by atoms with E-state index in [4.69, 9.17) is 27.9 Å². The van der Waals surface area contributed by atoms with E-state index in [0.29, 0.717) is 16.3 Å². The van der Waals surface area contributed by atoms with E-state index in [1.165, 1.54) is 12.5 Å². The van der Waals surface area contributed by atoms with E-state index in [1.54, 1.807) is 17.1 Å². The van der Waals surface area contributed by atoms with Gasteiger partial charge in [0.1, 0.15) is 5.76 Å². The molecule has 1 aliphatic rings. The van der Waals surface area contributed by atoms with Crippen molar-refractivity contribution in [2.75, 3.05) is 7.05 Å². The quantitative estimate of drug-likeness (QED) is 0.425. The molecule has 128 valence electrons. The Balaban J connectivity index is 0.00000264. The van der Waals surface area contributed by atoms with Crippen molar-refractivity contribution >= 4 is 62.1 Å². The Hall–Kier alpha value is -0.0700. The van der Waals surface area contributed by atoms with Gasteiger partial charge < -0.3 is 10.1 Å². The van der Waals surface area contributed by atoms with E-state index < -0.39 is 5.97 Å². The summed E-state index contributed by atoms with van der Waals surface area (Å²) in [5, 5.41) is 4.09. The largest absolute Gasteiger partial charge is 0.425 e. The van der Waals surface area contributed by atoms with Gasteiger partial charge in [-0.05, 0) is 38.1 Å². The van der Waals surface area contributed by atoms with Crippen molar-refractivity contribution in [3.63, 3.8) is 0 Å². The molecule has 1 aliphatic carbocycles. The van der Waals surface area contributed by atoms with Gasteiger partial charge in [0.15, 0.2) is 0 Å². The monoisotopic (exact) mass is 485 g/mol. The first-order chi connectivity index (χ1) is 10.5. The maximum Gasteiger partial charge on any atom is 0.344 e. The van der Waals surface area contributed by atoms with Gasteiger partial charge in [-0.25, -0.2) is 4.79 Å². The molecule has 1 fully saturated rings. The molecule has 0 saturated heterocycles. The summed E-state index contributed by atoms with van der Waals surface area (Å²) >= 11 is 15.3. The second-order valence-corrected chi connectivity index (χ2v) is 6.68. The Morgan fingerprint density at radius 1 is 1.30 bits per heavy atom. The molecule has 7 heteroatoms. The fourth-order valence-corrected chi connectivity index (χ4v) is 3.83. The van der Waals surface area contributed by atoms with Crippen LogP contribution < -0.4 is 5.32 Å². The molecular weight excluding hydrogens is 469 g/mol. The minimum Gasteiger partial charge on any atom is -0.425 e. The van der Waals surface area contributed by atoms with Gasteiger partial charge in [-0.2, -0.15) is 0 Å². The molecule has 0 spiro atoms. The van der Waals surface area contributed by atoms with Crippen LogP contribution >= 0.6 is 56.1 Å². The summed E-state index contributed by atoms with van der Waals surface area (Å²) in [5.74, 6) is 0.110. The number of esters is 1. The molecule has 2 rings (SSSR count). The van der Waals surface area contributed by atoms with E-state index in [0.717, 1.165) is 25.7 Å². The topological polar surface area (TPSA) is 38.3 Å². The molecule has 1 N–H and O–H groups in total. The number of ether oxygens (including phenoxy) is 1. The van der Waals surface area contributed by atoms with Crippen LogP contribution in [0.2, 0.25) is 10.0 Å². The van der Waals surface area contributed by atoms with Crippen molar-refractivity contribution in [3.05, 3.63) is 44.6 Å². The lowest BCUT2D eigenvalue weighted by molar-refractivity contribution is 0.0535. The Labute approximate surface area is 165 Å². The lowest BCUT2D eigenvalue weighted by Crippen LogP contribution is -2.47. The fraction of sp³-hybridized carbons (Fsp3) is 0.438. The number of carbonyl (C=O) groups is 1. The minimum atomic E-state index is -0.479. The first-order valence-electron chi connectivity index (χ1n) is 7.19. The van der Waals surface area contributed by atoms with Crippen molar-refractivity contribution in [1.82, 2.24) is 5.32 Å². The van der Waals surface area contributed by atoms with Crippen LogP contribution in [-0.2, 0) is 4.74 Å². The predicted molar refractivity (Wildman–Crippen MR) is 104 cm³/mol. The normalized spacial score (nSPS) is 17.3. The van der Waals surface area contributed by atoms with Crippen molar-refractivity contribution in [2.24, 2.45) is 0 Å². The van der Waals surface area contributed by atoms with Crippen LogP contribution in [0, 0.1) is 0 Å². The summed E-state index contributed by atoms with van der Waals surface area (Å²) in [6, 6.07) is 4.73. The molecule has 0 aromatic heterocycles. The van der Waals surface area contributed by atoms with Crippen LogP contribution in [0.1, 0.15) is 42.5 Å². The third kappa shape index (κ3) is 4.95. The summed E-state index contributed by atoms with van der Waals surface area (Å²) < 4.78 is 5.63. The zero-order valence-corrected chi connectivity index (χ0v) is 17.5. The van der Waals surface area contributed by atoms with Gasteiger partial charge in [-0.15, -0.1) is 17.0 Å². The number of likely N-dealkylation sites (N-methyl/N-ethyl adjacent to an activating group) is 1. The number of carbonyl (C=O) groups excluding carboxylic acids is 1. The Morgan fingerprint density at radius 2 is 1.96 bits per heavy atom. The van der Waals surface area contributed by atoms with Crippen LogP contribution in [0.5, 0.6) is 0 Å². The third-order valence-electron chi connectivity index (χ3n) is 4.11. The fourth-order valence-electron chi connectivity index (χ4n) is 2.81. The summed E-state index contributed by atoms with van der Waals surface area (Å²) in [6.45, 7) is 0. The SMILES string of the molecule is Br.CNC1(C(=CBr)OC(=O)c2ccc(Cl)cc2Cl)CCCCC1. The molecule has 0 bridgehead atoms. The molecule has 0 heterocycles. The summed E-state index contributed by atoms with van der Waals surface area (Å²) in [6.07, 6.45) is 5.27. The van der Waals surface area contributed by atoms with Gasteiger partial charge in [0.05, 0.1) is 16.1 Å². The molecule has 1 aromatic carbocycles. The molecule has 0 radical (unpaired) electrons. The van der Waals surface area contributed by atoms with Crippen molar-refractivity contribution < 1.29 is 9.53 Å². The lowest BCUT2D eigenvalue weighted by atomic mass is 9.80. The number of rotatable bonds is 4. The molecular formula is C16H19Br2Cl2NO2. The van der Waals surface area contributed by atoms with Crippen molar-refractivity contribution in [3.8, 4) is 0 Å². The summed E-state index contributed by atoms with van der Waals surface area (Å²) in [7, 11) is 1.89. The van der Waals surface area contributed by atoms with Gasteiger partial charge in [0.2, 0.25) is 0 Å². The predicted octanol–water partition coefficient (Wildman–Crippen LogP) is 5.89. The second-order valence-electron chi connectivity index (χ2n) is 5.38. The van der Waals surface area contributed by atoms with E-state index in [9.17, 15) is 4.79 Å². The zero-order valence-electron chi connectivity index (χ0n) is 12.7. The number of nitrogens with one attached hydrogen (secondary N) is 1. The van der Waals surface area contributed by atoms with Crippen molar-refractivity contribution in [1.29, 1.82) is 0 Å². The van der Waals surface area contributed by atoms with Gasteiger partial charge in [-0.3, -0.25) is 0 Å². The van der Waals surface area contributed by atoms with Crippen LogP contribution in [0.4, 0.5) is 0 Å². The maximum absolute atomic E-state index is 12.4. The van der Waals surface area contributed by atoms with E-state index >= 15 is 0 Å². The number of hydrogen-bond donors (Lipinski definition) is 1. The van der Waals surface area contributed by atoms with Crippen LogP contribution in [0.25, 0.3) is 0 Å². The number of hydrogen-bond acceptors (Lipinski definition) is 3. The van der Waals surface area contributed by atoms with Gasteiger partial charge >= 0.3 is 5.97 Å². The highest BCUT2D eigenvalue weighted by atomic mass is 79.9. The minimum absolute atomic E-state index is 0. The summed E-state index contributed by atoms with van der Waals surface area (Å²) in [5.41, 5.74) is -0.00368. The van der Waals surface area contributed by atoms with Gasteiger partial charge in [-0.1, -0.05) is 58.4 Å². The van der Waals surface area contributed by atoms with Crippen molar-refractivity contribution in [2.45, 2.75) is 37.6 Å². The zero-order chi connectivity index (χ0) is 16.2. The average molecular weight is 488 g/mol. The van der Waals surface area contributed by atoms with Crippen LogP contribution in [0.15, 0.2) is 28.9 Å². The molecule has 23 heavy (non-hydrogen) atoms. The standard InChI is InChI=1S/C16H18BrCl2NO2.BrH/c1-20-16(7-3-2-4-8-16)14(10-17)22-15(21)12-6-5-11(18)9-13(12)19;/h5-6,9-10,20H,2-4,7-8H2,1H3;1H. The molecule has 0 amide bonds. The highest BCUT2D eigenvalue weighted by Crippen LogP contribution is 2.36. The number of halogens is 4. The Morgan fingerprint density at radius 3 is 2.48 bits per heavy atom. The number of benzene rings is 1. The summed E-state index contributed by atoms with van der Waals surface area (Å²) in [4.78, 5) is 14.1. The maximum atomic E-state index is 12.4.